The summed E-state index contributed by atoms with van der Waals surface area (Å²) in [6, 6.07) is 7.80. The minimum atomic E-state index is 0.129. The van der Waals surface area contributed by atoms with Crippen molar-refractivity contribution in [3.05, 3.63) is 29.8 Å². The highest BCUT2D eigenvalue weighted by Crippen LogP contribution is 2.28. The second-order valence-electron chi connectivity index (χ2n) is 5.64. The third kappa shape index (κ3) is 2.66. The van der Waals surface area contributed by atoms with Crippen molar-refractivity contribution in [1.82, 2.24) is 4.90 Å². The van der Waals surface area contributed by atoms with Gasteiger partial charge in [-0.05, 0) is 31.4 Å². The van der Waals surface area contributed by atoms with Crippen LogP contribution >= 0.6 is 0 Å². The zero-order valence-corrected chi connectivity index (χ0v) is 12.0. The van der Waals surface area contributed by atoms with E-state index in [9.17, 15) is 4.79 Å². The molecule has 20 heavy (non-hydrogen) atoms. The highest BCUT2D eigenvalue weighted by Gasteiger charge is 2.36. The van der Waals surface area contributed by atoms with E-state index in [0.717, 1.165) is 50.1 Å². The summed E-state index contributed by atoms with van der Waals surface area (Å²) in [6.07, 6.45) is 3.71. The van der Waals surface area contributed by atoms with E-state index in [1.54, 1.807) is 0 Å². The average Bonchev–Trinajstić information content (AvgIpc) is 2.83. The standard InChI is InChI=1S/C16H22N2O2/c1-2-9-17-15-6-4-3-5-14(15)16(19)18-10-12-7-8-13(11-18)20-12/h3-6,12-13,17H,2,7-11H2,1H3. The third-order valence-corrected chi connectivity index (χ3v) is 4.05. The van der Waals surface area contributed by atoms with Gasteiger partial charge in [-0.1, -0.05) is 19.1 Å². The molecule has 4 nitrogen and oxygen atoms in total. The van der Waals surface area contributed by atoms with Crippen LogP contribution in [0, 0.1) is 0 Å². The molecule has 2 saturated heterocycles. The lowest BCUT2D eigenvalue weighted by Gasteiger charge is -2.32. The van der Waals surface area contributed by atoms with Crippen LogP contribution in [0.1, 0.15) is 36.5 Å². The van der Waals surface area contributed by atoms with Crippen LogP contribution in [-0.4, -0.2) is 42.6 Å². The number of anilines is 1. The lowest BCUT2D eigenvalue weighted by Crippen LogP contribution is -2.45. The van der Waals surface area contributed by atoms with E-state index in [2.05, 4.69) is 12.2 Å². The van der Waals surface area contributed by atoms with Gasteiger partial charge in [-0.25, -0.2) is 0 Å². The number of ether oxygens (including phenoxy) is 1. The molecule has 2 bridgehead atoms. The largest absolute Gasteiger partial charge is 0.384 e. The van der Waals surface area contributed by atoms with Crippen molar-refractivity contribution < 1.29 is 9.53 Å². The van der Waals surface area contributed by atoms with Crippen LogP contribution in [0.5, 0.6) is 0 Å². The lowest BCUT2D eigenvalue weighted by atomic mass is 10.1. The SMILES string of the molecule is CCCNc1ccccc1C(=O)N1CC2CCC(C1)O2. The molecule has 108 valence electrons. The molecule has 2 aliphatic heterocycles. The fourth-order valence-corrected chi connectivity index (χ4v) is 3.03. The van der Waals surface area contributed by atoms with Gasteiger partial charge in [0.1, 0.15) is 0 Å². The van der Waals surface area contributed by atoms with Crippen LogP contribution in [0.3, 0.4) is 0 Å². The van der Waals surface area contributed by atoms with E-state index >= 15 is 0 Å². The van der Waals surface area contributed by atoms with Crippen LogP contribution < -0.4 is 5.32 Å². The van der Waals surface area contributed by atoms with Crippen molar-refractivity contribution in [1.29, 1.82) is 0 Å². The molecule has 2 atom stereocenters. The summed E-state index contributed by atoms with van der Waals surface area (Å²) < 4.78 is 5.80. The fourth-order valence-electron chi connectivity index (χ4n) is 3.03. The summed E-state index contributed by atoms with van der Waals surface area (Å²) in [6.45, 7) is 4.48. The predicted molar refractivity (Wildman–Crippen MR) is 79.0 cm³/mol. The zero-order chi connectivity index (χ0) is 13.9. The Kier molecular flexibility index (Phi) is 3.92. The van der Waals surface area contributed by atoms with Crippen LogP contribution in [0.2, 0.25) is 0 Å². The van der Waals surface area contributed by atoms with Gasteiger partial charge >= 0.3 is 0 Å². The molecule has 2 aliphatic rings. The first kappa shape index (κ1) is 13.4. The van der Waals surface area contributed by atoms with Crippen LogP contribution in [0.4, 0.5) is 5.69 Å². The second kappa shape index (κ2) is 5.83. The number of fused-ring (bicyclic) bond motifs is 2. The second-order valence-corrected chi connectivity index (χ2v) is 5.64. The molecule has 4 heteroatoms. The third-order valence-electron chi connectivity index (χ3n) is 4.05. The maximum absolute atomic E-state index is 12.7. The molecule has 0 aliphatic carbocycles. The van der Waals surface area contributed by atoms with E-state index in [4.69, 9.17) is 4.74 Å². The molecule has 3 rings (SSSR count). The summed E-state index contributed by atoms with van der Waals surface area (Å²) in [5.74, 6) is 0.129. The zero-order valence-electron chi connectivity index (χ0n) is 12.0. The van der Waals surface area contributed by atoms with Gasteiger partial charge in [0, 0.05) is 25.3 Å². The monoisotopic (exact) mass is 274 g/mol. The van der Waals surface area contributed by atoms with Crippen molar-refractivity contribution in [3.8, 4) is 0 Å². The van der Waals surface area contributed by atoms with Gasteiger partial charge in [0.2, 0.25) is 0 Å². The van der Waals surface area contributed by atoms with E-state index in [1.165, 1.54) is 0 Å². The molecule has 0 saturated carbocycles. The maximum atomic E-state index is 12.7. The molecule has 1 aromatic carbocycles. The number of carbonyl (C=O) groups is 1. The van der Waals surface area contributed by atoms with E-state index in [-0.39, 0.29) is 18.1 Å². The number of nitrogens with zero attached hydrogens (tertiary/aromatic N) is 1. The smallest absolute Gasteiger partial charge is 0.256 e. The number of likely N-dealkylation sites (tertiary alicyclic amines) is 1. The van der Waals surface area contributed by atoms with Gasteiger partial charge in [-0.3, -0.25) is 4.79 Å². The Labute approximate surface area is 120 Å². The first-order valence-electron chi connectivity index (χ1n) is 7.55. The minimum absolute atomic E-state index is 0.129. The summed E-state index contributed by atoms with van der Waals surface area (Å²) in [5, 5.41) is 3.34. The molecule has 0 aromatic heterocycles. The maximum Gasteiger partial charge on any atom is 0.256 e. The molecule has 1 N–H and O–H groups in total. The van der Waals surface area contributed by atoms with Gasteiger partial charge in [0.05, 0.1) is 17.8 Å². The molecule has 2 heterocycles. The van der Waals surface area contributed by atoms with E-state index < -0.39 is 0 Å². The normalized spacial score (nSPS) is 24.8. The molecule has 2 fully saturated rings. The highest BCUT2D eigenvalue weighted by atomic mass is 16.5. The molecule has 2 unspecified atom stereocenters. The summed E-state index contributed by atoms with van der Waals surface area (Å²) in [4.78, 5) is 14.7. The number of hydrogen-bond acceptors (Lipinski definition) is 3. The first-order valence-corrected chi connectivity index (χ1v) is 7.55. The summed E-state index contributed by atoms with van der Waals surface area (Å²) in [5.41, 5.74) is 1.72. The Morgan fingerprint density at radius 1 is 1.30 bits per heavy atom. The number of benzene rings is 1. The molecule has 0 radical (unpaired) electrons. The fraction of sp³-hybridized carbons (Fsp3) is 0.562. The Morgan fingerprint density at radius 3 is 2.70 bits per heavy atom. The predicted octanol–water partition coefficient (Wildman–Crippen LogP) is 2.51. The summed E-state index contributed by atoms with van der Waals surface area (Å²) in [7, 11) is 0. The van der Waals surface area contributed by atoms with Crippen molar-refractivity contribution in [2.24, 2.45) is 0 Å². The van der Waals surface area contributed by atoms with Gasteiger partial charge in [-0.2, -0.15) is 0 Å². The van der Waals surface area contributed by atoms with Crippen LogP contribution in [-0.2, 0) is 4.74 Å². The Bertz CT molecular complexity index is 477. The van der Waals surface area contributed by atoms with Gasteiger partial charge in [0.25, 0.3) is 5.91 Å². The van der Waals surface area contributed by atoms with Crippen molar-refractivity contribution in [2.45, 2.75) is 38.4 Å². The Balaban J connectivity index is 1.76. The van der Waals surface area contributed by atoms with Crippen molar-refractivity contribution in [3.63, 3.8) is 0 Å². The van der Waals surface area contributed by atoms with Crippen LogP contribution in [0.15, 0.2) is 24.3 Å². The quantitative estimate of drug-likeness (QED) is 0.917. The van der Waals surface area contributed by atoms with Gasteiger partial charge in [-0.15, -0.1) is 0 Å². The number of hydrogen-bond donors (Lipinski definition) is 1. The molecule has 1 aromatic rings. The number of nitrogens with one attached hydrogen (secondary N) is 1. The van der Waals surface area contributed by atoms with E-state index in [0.29, 0.717) is 0 Å². The highest BCUT2D eigenvalue weighted by molar-refractivity contribution is 5.99. The first-order chi connectivity index (χ1) is 9.78. The number of amides is 1. The van der Waals surface area contributed by atoms with Crippen molar-refractivity contribution in [2.75, 3.05) is 25.0 Å². The Morgan fingerprint density at radius 2 is 2.00 bits per heavy atom. The number of morpholine rings is 1. The number of rotatable bonds is 4. The molecular weight excluding hydrogens is 252 g/mol. The summed E-state index contributed by atoms with van der Waals surface area (Å²) >= 11 is 0. The molecule has 0 spiro atoms. The van der Waals surface area contributed by atoms with Gasteiger partial charge < -0.3 is 15.0 Å². The number of carbonyl (C=O) groups excluding carboxylic acids is 1. The molecular formula is C16H22N2O2. The average molecular weight is 274 g/mol. The number of para-hydroxylation sites is 1. The topological polar surface area (TPSA) is 41.6 Å². The van der Waals surface area contributed by atoms with E-state index in [1.807, 2.05) is 29.2 Å². The van der Waals surface area contributed by atoms with Gasteiger partial charge in [0.15, 0.2) is 0 Å². The minimum Gasteiger partial charge on any atom is -0.384 e. The van der Waals surface area contributed by atoms with Crippen LogP contribution in [0.25, 0.3) is 0 Å². The van der Waals surface area contributed by atoms with Crippen molar-refractivity contribution >= 4 is 11.6 Å². The molecule has 1 amide bonds. The Hall–Kier alpha value is -1.55. The lowest BCUT2D eigenvalue weighted by molar-refractivity contribution is -0.0303.